The number of hydrogen-bond acceptors (Lipinski definition) is 2. The van der Waals surface area contributed by atoms with Crippen molar-refractivity contribution in [3.05, 3.63) is 18.4 Å². The standard InChI is InChI=1S/C5H8N2/c1-3-4-5(2)7-6/h4H,1,6H2,2H3/b7-5+. The molecule has 0 radical (unpaired) electrons. The van der Waals surface area contributed by atoms with Crippen LogP contribution in [0.1, 0.15) is 6.92 Å². The number of nitrogens with zero attached hydrogens (tertiary/aromatic N) is 1. The van der Waals surface area contributed by atoms with E-state index < -0.39 is 0 Å². The van der Waals surface area contributed by atoms with Crippen molar-refractivity contribution in [3.8, 4) is 0 Å². The van der Waals surface area contributed by atoms with Crippen molar-refractivity contribution in [1.29, 1.82) is 0 Å². The highest BCUT2D eigenvalue weighted by atomic mass is 15.1. The van der Waals surface area contributed by atoms with Gasteiger partial charge in [0.2, 0.25) is 0 Å². The third kappa shape index (κ3) is 2.80. The van der Waals surface area contributed by atoms with E-state index >= 15 is 0 Å². The maximum atomic E-state index is 4.85. The summed E-state index contributed by atoms with van der Waals surface area (Å²) < 4.78 is 0. The molecule has 0 amide bonds. The first-order valence-corrected chi connectivity index (χ1v) is 1.91. The summed E-state index contributed by atoms with van der Waals surface area (Å²) in [6.07, 6.45) is 1.61. The molecule has 2 N–H and O–H groups in total. The Bertz CT molecular complexity index is 118. The lowest BCUT2D eigenvalue weighted by atomic mass is 10.4. The molecule has 0 heterocycles. The Labute approximate surface area is 43.0 Å². The Morgan fingerprint density at radius 1 is 2.00 bits per heavy atom. The van der Waals surface area contributed by atoms with E-state index in [0.29, 0.717) is 0 Å². The zero-order chi connectivity index (χ0) is 5.70. The summed E-state index contributed by atoms with van der Waals surface area (Å²) in [5.41, 5.74) is 3.26. The van der Waals surface area contributed by atoms with E-state index in [2.05, 4.69) is 17.4 Å². The Kier molecular flexibility index (Phi) is 2.73. The number of hydrogen-bond donors (Lipinski definition) is 1. The molecule has 0 fully saturated rings. The molecule has 2 heteroatoms. The molecule has 0 unspecified atom stereocenters. The van der Waals surface area contributed by atoms with Gasteiger partial charge in [0, 0.05) is 6.08 Å². The zero-order valence-electron chi connectivity index (χ0n) is 4.31. The summed E-state index contributed by atoms with van der Waals surface area (Å²) in [6.45, 7) is 5.11. The summed E-state index contributed by atoms with van der Waals surface area (Å²) in [4.78, 5) is 0. The summed E-state index contributed by atoms with van der Waals surface area (Å²) in [7, 11) is 0. The van der Waals surface area contributed by atoms with Crippen LogP contribution in [0.4, 0.5) is 0 Å². The predicted molar refractivity (Wildman–Crippen MR) is 31.0 cm³/mol. The fourth-order valence-corrected chi connectivity index (χ4v) is 0.185. The van der Waals surface area contributed by atoms with Gasteiger partial charge in [-0.3, -0.25) is 0 Å². The van der Waals surface area contributed by atoms with Gasteiger partial charge >= 0.3 is 0 Å². The minimum atomic E-state index is 0.731. The van der Waals surface area contributed by atoms with Crippen molar-refractivity contribution in [3.63, 3.8) is 0 Å². The average molecular weight is 96.1 g/mol. The molecule has 0 aromatic carbocycles. The second-order valence-corrected chi connectivity index (χ2v) is 1.12. The van der Waals surface area contributed by atoms with Crippen LogP contribution >= 0.6 is 0 Å². The summed E-state index contributed by atoms with van der Waals surface area (Å²) >= 11 is 0. The first-order chi connectivity index (χ1) is 3.31. The van der Waals surface area contributed by atoms with Gasteiger partial charge in [0.25, 0.3) is 0 Å². The van der Waals surface area contributed by atoms with Crippen molar-refractivity contribution in [2.75, 3.05) is 0 Å². The summed E-state index contributed by atoms with van der Waals surface area (Å²) in [5.74, 6) is 4.85. The monoisotopic (exact) mass is 96.1 g/mol. The molecule has 7 heavy (non-hydrogen) atoms. The third-order valence-electron chi connectivity index (χ3n) is 0.515. The Morgan fingerprint density at radius 3 is 2.71 bits per heavy atom. The molecule has 0 atom stereocenters. The Hall–Kier alpha value is -1.01. The number of nitrogens with two attached hydrogens (primary N) is 1. The van der Waals surface area contributed by atoms with E-state index in [4.69, 9.17) is 5.84 Å². The van der Waals surface area contributed by atoms with Crippen LogP contribution in [0.3, 0.4) is 0 Å². The van der Waals surface area contributed by atoms with Crippen LogP contribution in [-0.4, -0.2) is 5.71 Å². The van der Waals surface area contributed by atoms with E-state index in [0.717, 1.165) is 5.71 Å². The van der Waals surface area contributed by atoms with Gasteiger partial charge in [0.1, 0.15) is 0 Å². The van der Waals surface area contributed by atoms with Gasteiger partial charge in [-0.2, -0.15) is 5.10 Å². The molecule has 2 nitrogen and oxygen atoms in total. The van der Waals surface area contributed by atoms with Crippen molar-refractivity contribution in [2.45, 2.75) is 6.92 Å². The highest BCUT2D eigenvalue weighted by Gasteiger charge is 1.72. The van der Waals surface area contributed by atoms with Crippen molar-refractivity contribution >= 4 is 5.71 Å². The molecule has 0 aliphatic heterocycles. The third-order valence-corrected chi connectivity index (χ3v) is 0.515. The van der Waals surface area contributed by atoms with Gasteiger partial charge in [0.15, 0.2) is 0 Å². The van der Waals surface area contributed by atoms with Gasteiger partial charge in [-0.25, -0.2) is 0 Å². The maximum absolute atomic E-state index is 4.85. The maximum Gasteiger partial charge on any atom is 0.0646 e. The van der Waals surface area contributed by atoms with Gasteiger partial charge in [0.05, 0.1) is 5.71 Å². The molecule has 0 bridgehead atoms. The zero-order valence-corrected chi connectivity index (χ0v) is 4.31. The molecule has 0 spiro atoms. The van der Waals surface area contributed by atoms with Crippen LogP contribution in [0.5, 0.6) is 0 Å². The van der Waals surface area contributed by atoms with Crippen LogP contribution in [0.2, 0.25) is 0 Å². The van der Waals surface area contributed by atoms with Gasteiger partial charge in [-0.1, -0.05) is 6.58 Å². The molecule has 38 valence electrons. The first-order valence-electron chi connectivity index (χ1n) is 1.91. The Morgan fingerprint density at radius 2 is 2.57 bits per heavy atom. The Balaban J connectivity index is 3.82. The second-order valence-electron chi connectivity index (χ2n) is 1.12. The quantitative estimate of drug-likeness (QED) is 0.221. The molecule has 0 saturated carbocycles. The number of rotatable bonds is 1. The lowest BCUT2D eigenvalue weighted by molar-refractivity contribution is 1.24. The molecular formula is C5H8N2. The predicted octanol–water partition coefficient (Wildman–Crippen LogP) is 0.662. The summed E-state index contributed by atoms with van der Waals surface area (Å²) in [5, 5.41) is 3.34. The fourth-order valence-electron chi connectivity index (χ4n) is 0.185. The van der Waals surface area contributed by atoms with Crippen molar-refractivity contribution in [2.24, 2.45) is 10.9 Å². The minimum Gasteiger partial charge on any atom is -0.323 e. The number of allylic oxidation sites excluding steroid dienone is 1. The van der Waals surface area contributed by atoms with Crippen molar-refractivity contribution < 1.29 is 0 Å². The molecule has 0 aromatic rings. The normalized spacial score (nSPS) is 10.1. The van der Waals surface area contributed by atoms with E-state index in [-0.39, 0.29) is 0 Å². The second kappa shape index (κ2) is 3.19. The van der Waals surface area contributed by atoms with Gasteiger partial charge < -0.3 is 5.84 Å². The topological polar surface area (TPSA) is 38.4 Å². The van der Waals surface area contributed by atoms with E-state index in [1.165, 1.54) is 0 Å². The molecule has 0 aliphatic rings. The van der Waals surface area contributed by atoms with E-state index in [1.807, 2.05) is 0 Å². The van der Waals surface area contributed by atoms with E-state index in [1.54, 1.807) is 13.0 Å². The van der Waals surface area contributed by atoms with Crippen LogP contribution in [0.15, 0.2) is 23.5 Å². The smallest absolute Gasteiger partial charge is 0.0646 e. The van der Waals surface area contributed by atoms with Crippen LogP contribution < -0.4 is 5.84 Å². The molecule has 0 saturated heterocycles. The SMILES string of the molecule is C=C=C/C(C)=N/N. The highest BCUT2D eigenvalue weighted by Crippen LogP contribution is 1.70. The lowest BCUT2D eigenvalue weighted by Gasteiger charge is -1.77. The average Bonchev–Trinajstić information content (AvgIpc) is 1.68. The van der Waals surface area contributed by atoms with Crippen molar-refractivity contribution in [1.82, 2.24) is 0 Å². The lowest BCUT2D eigenvalue weighted by Crippen LogP contribution is -1.88. The number of hydrazone groups is 1. The minimum absolute atomic E-state index is 0.731. The molecule has 0 rings (SSSR count). The van der Waals surface area contributed by atoms with E-state index in [9.17, 15) is 0 Å². The first kappa shape index (κ1) is 5.99. The highest BCUT2D eigenvalue weighted by molar-refractivity contribution is 5.92. The molecular weight excluding hydrogens is 88.1 g/mol. The largest absolute Gasteiger partial charge is 0.323 e. The molecule has 0 aromatic heterocycles. The van der Waals surface area contributed by atoms with Crippen LogP contribution in [-0.2, 0) is 0 Å². The summed E-state index contributed by atoms with van der Waals surface area (Å²) in [6, 6.07) is 0. The van der Waals surface area contributed by atoms with Crippen LogP contribution in [0, 0.1) is 0 Å². The van der Waals surface area contributed by atoms with Crippen LogP contribution in [0.25, 0.3) is 0 Å². The van der Waals surface area contributed by atoms with Gasteiger partial charge in [-0.15, -0.1) is 5.73 Å². The molecule has 0 aliphatic carbocycles. The van der Waals surface area contributed by atoms with Gasteiger partial charge in [-0.05, 0) is 6.92 Å². The fraction of sp³-hybridized carbons (Fsp3) is 0.200.